The summed E-state index contributed by atoms with van der Waals surface area (Å²) in [6.45, 7) is 3.05. The maximum atomic E-state index is 12.2. The second-order valence-corrected chi connectivity index (χ2v) is 5.00. The highest BCUT2D eigenvalue weighted by Crippen LogP contribution is 2.27. The molecule has 0 radical (unpaired) electrons. The van der Waals surface area contributed by atoms with Gasteiger partial charge in [-0.3, -0.25) is 4.79 Å². The van der Waals surface area contributed by atoms with Crippen molar-refractivity contribution >= 4 is 11.6 Å². The van der Waals surface area contributed by atoms with Crippen LogP contribution in [0.25, 0.3) is 0 Å². The second kappa shape index (κ2) is 6.45. The molecule has 0 unspecified atom stereocenters. The Bertz CT molecular complexity index is 430. The number of ether oxygens (including phenoxy) is 1. The number of unbranched alkanes of at least 4 members (excludes halogenated alkanes) is 1. The van der Waals surface area contributed by atoms with E-state index in [0.29, 0.717) is 17.5 Å². The number of anilines is 1. The molecule has 0 aliphatic heterocycles. The fraction of sp³-hybridized carbons (Fsp3) is 0.533. The van der Waals surface area contributed by atoms with E-state index in [1.54, 1.807) is 12.1 Å². The maximum Gasteiger partial charge on any atom is 0.260 e. The molecule has 1 saturated carbocycles. The lowest BCUT2D eigenvalue weighted by Crippen LogP contribution is -2.37. The van der Waals surface area contributed by atoms with Crippen molar-refractivity contribution in [1.82, 2.24) is 4.90 Å². The van der Waals surface area contributed by atoms with Gasteiger partial charge in [-0.05, 0) is 31.4 Å². The smallest absolute Gasteiger partial charge is 0.260 e. The number of nitrogens with zero attached hydrogens (tertiary/aromatic N) is 1. The van der Waals surface area contributed by atoms with Gasteiger partial charge in [-0.2, -0.15) is 0 Å². The van der Waals surface area contributed by atoms with Crippen LogP contribution in [-0.2, 0) is 4.79 Å². The number of amides is 1. The molecule has 1 aromatic carbocycles. The van der Waals surface area contributed by atoms with Crippen molar-refractivity contribution in [3.8, 4) is 5.75 Å². The Hall–Kier alpha value is -1.71. The molecule has 0 saturated heterocycles. The zero-order valence-corrected chi connectivity index (χ0v) is 11.5. The van der Waals surface area contributed by atoms with Crippen molar-refractivity contribution in [2.24, 2.45) is 0 Å². The number of nitrogens with two attached hydrogens (primary N) is 1. The zero-order chi connectivity index (χ0) is 13.7. The highest BCUT2D eigenvalue weighted by molar-refractivity contribution is 5.78. The predicted octanol–water partition coefficient (Wildman–Crippen LogP) is 2.44. The molecular weight excluding hydrogens is 240 g/mol. The Morgan fingerprint density at radius 1 is 1.42 bits per heavy atom. The van der Waals surface area contributed by atoms with Crippen LogP contribution in [0.5, 0.6) is 5.75 Å². The third-order valence-electron chi connectivity index (χ3n) is 3.33. The van der Waals surface area contributed by atoms with Crippen LogP contribution >= 0.6 is 0 Å². The molecule has 1 aliphatic rings. The van der Waals surface area contributed by atoms with Gasteiger partial charge in [0.15, 0.2) is 6.61 Å². The molecule has 1 fully saturated rings. The summed E-state index contributed by atoms with van der Waals surface area (Å²) in [4.78, 5) is 14.1. The first kappa shape index (κ1) is 13.7. The Morgan fingerprint density at radius 3 is 2.79 bits per heavy atom. The maximum absolute atomic E-state index is 12.2. The average Bonchev–Trinajstić information content (AvgIpc) is 3.23. The van der Waals surface area contributed by atoms with Crippen LogP contribution in [0, 0.1) is 0 Å². The number of carbonyl (C=O) groups is 1. The minimum atomic E-state index is 0.0687. The highest BCUT2D eigenvalue weighted by Gasteiger charge is 2.32. The first-order valence-corrected chi connectivity index (χ1v) is 6.99. The molecule has 1 aromatic rings. The zero-order valence-electron chi connectivity index (χ0n) is 11.5. The third kappa shape index (κ3) is 3.88. The molecule has 0 aromatic heterocycles. The topological polar surface area (TPSA) is 55.6 Å². The van der Waals surface area contributed by atoms with Crippen LogP contribution < -0.4 is 10.5 Å². The van der Waals surface area contributed by atoms with E-state index in [1.807, 2.05) is 17.0 Å². The van der Waals surface area contributed by atoms with Crippen LogP contribution in [0.15, 0.2) is 24.3 Å². The lowest BCUT2D eigenvalue weighted by molar-refractivity contribution is -0.134. The predicted molar refractivity (Wildman–Crippen MR) is 76.0 cm³/mol. The molecular formula is C15H22N2O2. The average molecular weight is 262 g/mol. The molecule has 1 aliphatic carbocycles. The van der Waals surface area contributed by atoms with E-state index in [9.17, 15) is 4.79 Å². The summed E-state index contributed by atoms with van der Waals surface area (Å²) >= 11 is 0. The minimum absolute atomic E-state index is 0.0687. The van der Waals surface area contributed by atoms with Gasteiger partial charge in [-0.25, -0.2) is 0 Å². The SMILES string of the molecule is CCCCN(C(=O)COc1ccccc1N)C1CC1. The van der Waals surface area contributed by atoms with E-state index < -0.39 is 0 Å². The first-order chi connectivity index (χ1) is 9.22. The monoisotopic (exact) mass is 262 g/mol. The summed E-state index contributed by atoms with van der Waals surface area (Å²) in [7, 11) is 0. The van der Waals surface area contributed by atoms with Gasteiger partial charge < -0.3 is 15.4 Å². The van der Waals surface area contributed by atoms with Gasteiger partial charge in [0, 0.05) is 12.6 Å². The summed E-state index contributed by atoms with van der Waals surface area (Å²) in [6, 6.07) is 7.70. The van der Waals surface area contributed by atoms with Gasteiger partial charge in [-0.1, -0.05) is 25.5 Å². The van der Waals surface area contributed by atoms with E-state index in [0.717, 1.165) is 32.2 Å². The van der Waals surface area contributed by atoms with Crippen molar-refractivity contribution < 1.29 is 9.53 Å². The molecule has 1 amide bonds. The molecule has 104 valence electrons. The fourth-order valence-corrected chi connectivity index (χ4v) is 2.06. The Morgan fingerprint density at radius 2 is 2.16 bits per heavy atom. The van der Waals surface area contributed by atoms with Crippen molar-refractivity contribution in [3.63, 3.8) is 0 Å². The number of benzene rings is 1. The van der Waals surface area contributed by atoms with E-state index >= 15 is 0 Å². The summed E-state index contributed by atoms with van der Waals surface area (Å²) < 4.78 is 5.52. The molecule has 0 heterocycles. The quantitative estimate of drug-likeness (QED) is 0.768. The van der Waals surface area contributed by atoms with Gasteiger partial charge in [0.2, 0.25) is 0 Å². The number of nitrogen functional groups attached to an aromatic ring is 1. The van der Waals surface area contributed by atoms with Crippen molar-refractivity contribution in [3.05, 3.63) is 24.3 Å². The third-order valence-corrected chi connectivity index (χ3v) is 3.33. The van der Waals surface area contributed by atoms with Crippen molar-refractivity contribution in [2.75, 3.05) is 18.9 Å². The summed E-state index contributed by atoms with van der Waals surface area (Å²) in [5, 5.41) is 0. The van der Waals surface area contributed by atoms with Crippen LogP contribution in [0.2, 0.25) is 0 Å². The Balaban J connectivity index is 1.87. The molecule has 2 N–H and O–H groups in total. The molecule has 19 heavy (non-hydrogen) atoms. The van der Waals surface area contributed by atoms with E-state index in [4.69, 9.17) is 10.5 Å². The molecule has 0 spiro atoms. The lowest BCUT2D eigenvalue weighted by Gasteiger charge is -2.22. The van der Waals surface area contributed by atoms with Crippen LogP contribution in [0.4, 0.5) is 5.69 Å². The van der Waals surface area contributed by atoms with Crippen molar-refractivity contribution in [1.29, 1.82) is 0 Å². The molecule has 4 nitrogen and oxygen atoms in total. The van der Waals surface area contributed by atoms with Gasteiger partial charge in [0.1, 0.15) is 5.75 Å². The number of carbonyl (C=O) groups excluding carboxylic acids is 1. The standard InChI is InChI=1S/C15H22N2O2/c1-2-3-10-17(12-8-9-12)15(18)11-19-14-7-5-4-6-13(14)16/h4-7,12H,2-3,8-11,16H2,1H3. The number of hydrogen-bond donors (Lipinski definition) is 1. The molecule has 0 atom stereocenters. The molecule has 4 heteroatoms. The fourth-order valence-electron chi connectivity index (χ4n) is 2.06. The van der Waals surface area contributed by atoms with E-state index in [-0.39, 0.29) is 12.5 Å². The van der Waals surface area contributed by atoms with Crippen LogP contribution in [-0.4, -0.2) is 30.0 Å². The van der Waals surface area contributed by atoms with Crippen LogP contribution in [0.3, 0.4) is 0 Å². The number of hydrogen-bond acceptors (Lipinski definition) is 3. The lowest BCUT2D eigenvalue weighted by atomic mass is 10.3. The largest absolute Gasteiger partial charge is 0.482 e. The summed E-state index contributed by atoms with van der Waals surface area (Å²) in [5.74, 6) is 0.654. The molecule has 0 bridgehead atoms. The van der Waals surface area contributed by atoms with E-state index in [1.165, 1.54) is 0 Å². The van der Waals surface area contributed by atoms with Gasteiger partial charge in [0.25, 0.3) is 5.91 Å². The van der Waals surface area contributed by atoms with Gasteiger partial charge in [0.05, 0.1) is 5.69 Å². The van der Waals surface area contributed by atoms with E-state index in [2.05, 4.69) is 6.92 Å². The summed E-state index contributed by atoms with van der Waals surface area (Å²) in [5.41, 5.74) is 6.36. The normalized spacial score (nSPS) is 14.2. The minimum Gasteiger partial charge on any atom is -0.482 e. The van der Waals surface area contributed by atoms with Gasteiger partial charge >= 0.3 is 0 Å². The highest BCUT2D eigenvalue weighted by atomic mass is 16.5. The number of para-hydroxylation sites is 2. The number of rotatable bonds is 7. The summed E-state index contributed by atoms with van der Waals surface area (Å²) in [6.07, 6.45) is 4.41. The molecule has 2 rings (SSSR count). The van der Waals surface area contributed by atoms with Gasteiger partial charge in [-0.15, -0.1) is 0 Å². The Kier molecular flexibility index (Phi) is 4.66. The van der Waals surface area contributed by atoms with Crippen molar-refractivity contribution in [2.45, 2.75) is 38.6 Å². The first-order valence-electron chi connectivity index (χ1n) is 6.99. The van der Waals surface area contributed by atoms with Crippen LogP contribution in [0.1, 0.15) is 32.6 Å². The Labute approximate surface area is 114 Å². The second-order valence-electron chi connectivity index (χ2n) is 5.00.